The summed E-state index contributed by atoms with van der Waals surface area (Å²) in [5.41, 5.74) is 0.427. The van der Waals surface area contributed by atoms with Gasteiger partial charge in [0.15, 0.2) is 0 Å². The molecule has 0 fully saturated rings. The predicted molar refractivity (Wildman–Crippen MR) is 91.5 cm³/mol. The molecule has 0 spiro atoms. The zero-order chi connectivity index (χ0) is 13.7. The second kappa shape index (κ2) is 6.81. The quantitative estimate of drug-likeness (QED) is 0.451. The lowest BCUT2D eigenvalue weighted by Crippen LogP contribution is -2.23. The summed E-state index contributed by atoms with van der Waals surface area (Å²) in [5.74, 6) is 1.18. The van der Waals surface area contributed by atoms with Crippen LogP contribution in [0, 0.1) is 5.41 Å². The molecule has 2 heteroatoms. The Morgan fingerprint density at radius 1 is 1.00 bits per heavy atom. The minimum Gasteiger partial charge on any atom is -0.126 e. The van der Waals surface area contributed by atoms with Gasteiger partial charge in [0.2, 0.25) is 0 Å². The first-order valence-corrected chi connectivity index (χ1v) is 9.01. The van der Waals surface area contributed by atoms with Crippen molar-refractivity contribution in [2.24, 2.45) is 5.41 Å². The van der Waals surface area contributed by atoms with Gasteiger partial charge in [-0.25, -0.2) is 0 Å². The van der Waals surface area contributed by atoms with Crippen LogP contribution in [0.1, 0.15) is 26.7 Å². The first-order valence-electron chi connectivity index (χ1n) is 6.90. The van der Waals surface area contributed by atoms with Gasteiger partial charge in [-0.1, -0.05) is 60.1 Å². The van der Waals surface area contributed by atoms with Crippen molar-refractivity contribution in [2.45, 2.75) is 31.6 Å². The topological polar surface area (TPSA) is 0 Å². The SMILES string of the molecule is CCC(CC)(CBr)CSc1ccc2ccccc2c1. The van der Waals surface area contributed by atoms with E-state index in [1.807, 2.05) is 11.8 Å². The maximum atomic E-state index is 3.69. The van der Waals surface area contributed by atoms with Crippen LogP contribution in [-0.4, -0.2) is 11.1 Å². The summed E-state index contributed by atoms with van der Waals surface area (Å²) in [6, 6.07) is 15.4. The Morgan fingerprint density at radius 2 is 1.68 bits per heavy atom. The third-order valence-corrected chi connectivity index (χ3v) is 6.58. The Hall–Kier alpha value is -0.470. The fourth-order valence-corrected chi connectivity index (χ4v) is 4.79. The highest BCUT2D eigenvalue weighted by atomic mass is 79.9. The van der Waals surface area contributed by atoms with Gasteiger partial charge >= 0.3 is 0 Å². The van der Waals surface area contributed by atoms with Gasteiger partial charge in [-0.2, -0.15) is 0 Å². The van der Waals surface area contributed by atoms with Crippen LogP contribution in [-0.2, 0) is 0 Å². The van der Waals surface area contributed by atoms with Crippen LogP contribution in [0.4, 0.5) is 0 Å². The van der Waals surface area contributed by atoms with Crippen molar-refractivity contribution in [2.75, 3.05) is 11.1 Å². The molecular weight excluding hydrogens is 316 g/mol. The van der Waals surface area contributed by atoms with Crippen LogP contribution in [0.2, 0.25) is 0 Å². The molecule has 102 valence electrons. The first-order chi connectivity index (χ1) is 9.23. The number of thioether (sulfide) groups is 1. The van der Waals surface area contributed by atoms with Crippen molar-refractivity contribution in [3.8, 4) is 0 Å². The molecular formula is C17H21BrS. The fraction of sp³-hybridized carbons (Fsp3) is 0.412. The molecule has 0 amide bonds. The molecule has 0 aliphatic carbocycles. The number of rotatable bonds is 6. The number of halogens is 1. The minimum atomic E-state index is 0.427. The Labute approximate surface area is 129 Å². The van der Waals surface area contributed by atoms with Gasteiger partial charge in [-0.15, -0.1) is 11.8 Å². The molecule has 0 heterocycles. The zero-order valence-electron chi connectivity index (χ0n) is 11.7. The highest BCUT2D eigenvalue weighted by molar-refractivity contribution is 9.09. The molecule has 0 atom stereocenters. The van der Waals surface area contributed by atoms with Gasteiger partial charge in [0.1, 0.15) is 0 Å². The fourth-order valence-electron chi connectivity index (χ4n) is 2.18. The van der Waals surface area contributed by atoms with Crippen molar-refractivity contribution in [3.05, 3.63) is 42.5 Å². The summed E-state index contributed by atoms with van der Waals surface area (Å²) in [5, 5.41) is 3.75. The maximum Gasteiger partial charge on any atom is 0.00957 e. The number of alkyl halides is 1. The minimum absolute atomic E-state index is 0.427. The lowest BCUT2D eigenvalue weighted by molar-refractivity contribution is 0.359. The molecule has 0 unspecified atom stereocenters. The third-order valence-electron chi connectivity index (χ3n) is 4.05. The summed E-state index contributed by atoms with van der Waals surface area (Å²) in [6.07, 6.45) is 2.46. The lowest BCUT2D eigenvalue weighted by Gasteiger charge is -2.29. The highest BCUT2D eigenvalue weighted by Crippen LogP contribution is 2.36. The Morgan fingerprint density at radius 3 is 2.32 bits per heavy atom. The molecule has 0 aromatic heterocycles. The highest BCUT2D eigenvalue weighted by Gasteiger charge is 2.24. The van der Waals surface area contributed by atoms with Gasteiger partial charge in [0.05, 0.1) is 0 Å². The number of hydrogen-bond acceptors (Lipinski definition) is 1. The van der Waals surface area contributed by atoms with Crippen molar-refractivity contribution in [1.82, 2.24) is 0 Å². The standard InChI is InChI=1S/C17H21BrS/c1-3-17(4-2,12-18)13-19-16-10-9-14-7-5-6-8-15(14)11-16/h5-11H,3-4,12-13H2,1-2H3. The van der Waals surface area contributed by atoms with E-state index >= 15 is 0 Å². The average Bonchev–Trinajstić information content (AvgIpc) is 2.49. The van der Waals surface area contributed by atoms with E-state index in [4.69, 9.17) is 0 Å². The molecule has 0 N–H and O–H groups in total. The van der Waals surface area contributed by atoms with Gasteiger partial charge < -0.3 is 0 Å². The van der Waals surface area contributed by atoms with Crippen LogP contribution in [0.3, 0.4) is 0 Å². The van der Waals surface area contributed by atoms with E-state index < -0.39 is 0 Å². The molecule has 0 nitrogen and oxygen atoms in total. The van der Waals surface area contributed by atoms with E-state index in [2.05, 4.69) is 72.2 Å². The third kappa shape index (κ3) is 3.55. The normalized spacial score (nSPS) is 11.9. The zero-order valence-corrected chi connectivity index (χ0v) is 14.1. The monoisotopic (exact) mass is 336 g/mol. The molecule has 0 aliphatic rings. The molecule has 0 bridgehead atoms. The smallest absolute Gasteiger partial charge is 0.00957 e. The second-order valence-corrected chi connectivity index (χ2v) is 6.75. The van der Waals surface area contributed by atoms with Crippen LogP contribution >= 0.6 is 27.7 Å². The van der Waals surface area contributed by atoms with Crippen LogP contribution in [0.5, 0.6) is 0 Å². The van der Waals surface area contributed by atoms with Crippen LogP contribution in [0.15, 0.2) is 47.4 Å². The van der Waals surface area contributed by atoms with Crippen molar-refractivity contribution >= 4 is 38.5 Å². The summed E-state index contributed by atoms with van der Waals surface area (Å²) < 4.78 is 0. The Kier molecular flexibility index (Phi) is 5.35. The molecule has 2 aromatic rings. The summed E-state index contributed by atoms with van der Waals surface area (Å²) in [7, 11) is 0. The van der Waals surface area contributed by atoms with Crippen molar-refractivity contribution in [3.63, 3.8) is 0 Å². The van der Waals surface area contributed by atoms with Crippen molar-refractivity contribution in [1.29, 1.82) is 0 Å². The average molecular weight is 337 g/mol. The maximum absolute atomic E-state index is 3.69. The van der Waals surface area contributed by atoms with Crippen molar-refractivity contribution < 1.29 is 0 Å². The van der Waals surface area contributed by atoms with E-state index in [1.165, 1.54) is 34.3 Å². The van der Waals surface area contributed by atoms with E-state index in [0.717, 1.165) is 5.33 Å². The summed E-state index contributed by atoms with van der Waals surface area (Å²) in [6.45, 7) is 4.59. The van der Waals surface area contributed by atoms with E-state index in [0.29, 0.717) is 5.41 Å². The van der Waals surface area contributed by atoms with Gasteiger partial charge in [0.25, 0.3) is 0 Å². The molecule has 0 aliphatic heterocycles. The van der Waals surface area contributed by atoms with Gasteiger partial charge in [-0.3, -0.25) is 0 Å². The molecule has 0 saturated heterocycles. The van der Waals surface area contributed by atoms with E-state index in [9.17, 15) is 0 Å². The van der Waals surface area contributed by atoms with Gasteiger partial charge in [0, 0.05) is 16.0 Å². The Bertz CT molecular complexity index is 523. The van der Waals surface area contributed by atoms with Crippen LogP contribution in [0.25, 0.3) is 10.8 Å². The lowest BCUT2D eigenvalue weighted by atomic mass is 9.87. The Balaban J connectivity index is 2.13. The first kappa shape index (κ1) is 14.9. The van der Waals surface area contributed by atoms with Gasteiger partial charge in [-0.05, 0) is 41.2 Å². The number of hydrogen-bond donors (Lipinski definition) is 0. The van der Waals surface area contributed by atoms with E-state index in [1.54, 1.807) is 0 Å². The largest absolute Gasteiger partial charge is 0.126 e. The molecule has 0 saturated carbocycles. The summed E-state index contributed by atoms with van der Waals surface area (Å²) in [4.78, 5) is 1.38. The molecule has 2 aromatic carbocycles. The van der Waals surface area contributed by atoms with Crippen LogP contribution < -0.4 is 0 Å². The molecule has 2 rings (SSSR count). The molecule has 0 radical (unpaired) electrons. The predicted octanol–water partition coefficient (Wildman–Crippen LogP) is 6.13. The molecule has 19 heavy (non-hydrogen) atoms. The second-order valence-electron chi connectivity index (χ2n) is 5.14. The number of fused-ring (bicyclic) bond motifs is 1. The number of benzene rings is 2. The van der Waals surface area contributed by atoms with E-state index in [-0.39, 0.29) is 0 Å². The summed E-state index contributed by atoms with van der Waals surface area (Å²) >= 11 is 5.68.